The lowest BCUT2D eigenvalue weighted by Crippen LogP contribution is -2.54. The van der Waals surface area contributed by atoms with Crippen molar-refractivity contribution < 1.29 is 13.9 Å². The number of hydrogen-bond donors (Lipinski definition) is 1. The number of rotatable bonds is 4. The van der Waals surface area contributed by atoms with Crippen molar-refractivity contribution >= 4 is 5.91 Å². The van der Waals surface area contributed by atoms with Gasteiger partial charge < -0.3 is 15.0 Å². The van der Waals surface area contributed by atoms with Crippen LogP contribution in [0.5, 0.6) is 0 Å². The molecule has 1 aromatic rings. The lowest BCUT2D eigenvalue weighted by atomic mass is 9.90. The van der Waals surface area contributed by atoms with E-state index in [1.54, 1.807) is 37.3 Å². The molecule has 0 aromatic heterocycles. The van der Waals surface area contributed by atoms with Gasteiger partial charge in [-0.05, 0) is 32.0 Å². The molecule has 1 fully saturated rings. The van der Waals surface area contributed by atoms with Crippen molar-refractivity contribution in [3.8, 4) is 0 Å². The van der Waals surface area contributed by atoms with E-state index in [-0.39, 0.29) is 18.3 Å². The maximum Gasteiger partial charge on any atom is 0.254 e. The molecule has 5 heteroatoms. The van der Waals surface area contributed by atoms with Crippen molar-refractivity contribution in [1.29, 1.82) is 0 Å². The van der Waals surface area contributed by atoms with E-state index in [1.807, 2.05) is 0 Å². The number of carbonyl (C=O) groups is 1. The highest BCUT2D eigenvalue weighted by molar-refractivity contribution is 5.85. The molecule has 0 aliphatic carbocycles. The fraction of sp³-hybridized carbons (Fsp3) is 0.533. The number of ether oxygens (including phenoxy) is 1. The quantitative estimate of drug-likeness (QED) is 0.910. The maximum absolute atomic E-state index is 13.7. The van der Waals surface area contributed by atoms with Crippen LogP contribution in [0.4, 0.5) is 4.39 Å². The van der Waals surface area contributed by atoms with Gasteiger partial charge in [-0.15, -0.1) is 0 Å². The number of benzene rings is 1. The third-order valence-corrected chi connectivity index (χ3v) is 3.90. The summed E-state index contributed by atoms with van der Waals surface area (Å²) in [4.78, 5) is 14.2. The molecule has 110 valence electrons. The molecule has 20 heavy (non-hydrogen) atoms. The van der Waals surface area contributed by atoms with Crippen LogP contribution < -0.4 is 5.32 Å². The van der Waals surface area contributed by atoms with Crippen LogP contribution in [0, 0.1) is 5.82 Å². The SMILES string of the molecule is COC1(C(=O)N(C)Cc2ccccc2F)CCNCC1. The minimum absolute atomic E-state index is 0.0789. The molecule has 2 rings (SSSR count). The standard InChI is InChI=1S/C15H21FN2O2/c1-18(11-12-5-3-4-6-13(12)16)14(19)15(20-2)7-9-17-10-8-15/h3-6,17H,7-11H2,1-2H3. The molecule has 1 amide bonds. The summed E-state index contributed by atoms with van der Waals surface area (Å²) in [6, 6.07) is 6.52. The number of nitrogens with zero attached hydrogens (tertiary/aromatic N) is 1. The second-order valence-electron chi connectivity index (χ2n) is 5.20. The van der Waals surface area contributed by atoms with E-state index in [9.17, 15) is 9.18 Å². The fourth-order valence-corrected chi connectivity index (χ4v) is 2.64. The van der Waals surface area contributed by atoms with Gasteiger partial charge in [-0.1, -0.05) is 18.2 Å². The van der Waals surface area contributed by atoms with Crippen LogP contribution in [-0.2, 0) is 16.1 Å². The van der Waals surface area contributed by atoms with Gasteiger partial charge in [0.1, 0.15) is 11.4 Å². The smallest absolute Gasteiger partial charge is 0.254 e. The topological polar surface area (TPSA) is 41.6 Å². The van der Waals surface area contributed by atoms with E-state index >= 15 is 0 Å². The number of amides is 1. The molecule has 1 aliphatic heterocycles. The van der Waals surface area contributed by atoms with Crippen LogP contribution in [0.1, 0.15) is 18.4 Å². The second-order valence-corrected chi connectivity index (χ2v) is 5.20. The number of carbonyl (C=O) groups excluding carboxylic acids is 1. The second kappa shape index (κ2) is 6.33. The molecule has 1 heterocycles. The first kappa shape index (κ1) is 14.9. The number of hydrogen-bond acceptors (Lipinski definition) is 3. The zero-order valence-corrected chi connectivity index (χ0v) is 12.0. The first-order valence-corrected chi connectivity index (χ1v) is 6.84. The first-order valence-electron chi connectivity index (χ1n) is 6.84. The molecule has 0 radical (unpaired) electrons. The van der Waals surface area contributed by atoms with Gasteiger partial charge in [0, 0.05) is 26.3 Å². The Balaban J connectivity index is 2.10. The molecule has 1 N–H and O–H groups in total. The highest BCUT2D eigenvalue weighted by Crippen LogP contribution is 2.25. The summed E-state index contributed by atoms with van der Waals surface area (Å²) in [6.07, 6.45) is 1.29. The Bertz CT molecular complexity index is 473. The van der Waals surface area contributed by atoms with E-state index < -0.39 is 5.60 Å². The van der Waals surface area contributed by atoms with Gasteiger partial charge in [0.15, 0.2) is 0 Å². The zero-order valence-electron chi connectivity index (χ0n) is 12.0. The van der Waals surface area contributed by atoms with Crippen LogP contribution in [0.15, 0.2) is 24.3 Å². The number of methoxy groups -OCH3 is 1. The summed E-state index contributed by atoms with van der Waals surface area (Å²) >= 11 is 0. The Morgan fingerprint density at radius 1 is 1.40 bits per heavy atom. The van der Waals surface area contributed by atoms with Crippen LogP contribution in [-0.4, -0.2) is 43.7 Å². The summed E-state index contributed by atoms with van der Waals surface area (Å²) in [6.45, 7) is 1.77. The number of halogens is 1. The van der Waals surface area contributed by atoms with Crippen LogP contribution in [0.3, 0.4) is 0 Å². The molecule has 0 saturated carbocycles. The molecule has 0 spiro atoms. The van der Waals surface area contributed by atoms with E-state index in [4.69, 9.17) is 4.74 Å². The van der Waals surface area contributed by atoms with E-state index in [0.717, 1.165) is 13.1 Å². The van der Waals surface area contributed by atoms with Gasteiger partial charge in [0.2, 0.25) is 0 Å². The number of likely N-dealkylation sites (N-methyl/N-ethyl adjacent to an activating group) is 1. The predicted octanol–water partition coefficient (Wildman–Crippen LogP) is 1.55. The average molecular weight is 280 g/mol. The average Bonchev–Trinajstić information content (AvgIpc) is 2.49. The number of piperidine rings is 1. The lowest BCUT2D eigenvalue weighted by molar-refractivity contribution is -0.157. The normalized spacial score (nSPS) is 17.8. The van der Waals surface area contributed by atoms with E-state index in [0.29, 0.717) is 18.4 Å². The molecule has 0 atom stereocenters. The van der Waals surface area contributed by atoms with Crippen molar-refractivity contribution in [2.75, 3.05) is 27.2 Å². The highest BCUT2D eigenvalue weighted by atomic mass is 19.1. The maximum atomic E-state index is 13.7. The monoisotopic (exact) mass is 280 g/mol. The van der Waals surface area contributed by atoms with Gasteiger partial charge in [0.05, 0.1) is 0 Å². The molecule has 0 unspecified atom stereocenters. The highest BCUT2D eigenvalue weighted by Gasteiger charge is 2.41. The summed E-state index contributed by atoms with van der Waals surface area (Å²) in [5, 5.41) is 3.22. The van der Waals surface area contributed by atoms with Crippen molar-refractivity contribution in [3.63, 3.8) is 0 Å². The van der Waals surface area contributed by atoms with Crippen molar-refractivity contribution in [2.45, 2.75) is 25.0 Å². The minimum atomic E-state index is -0.773. The molecule has 1 aromatic carbocycles. The third kappa shape index (κ3) is 2.99. The summed E-state index contributed by atoms with van der Waals surface area (Å²) in [5.41, 5.74) is -0.255. The van der Waals surface area contributed by atoms with Crippen molar-refractivity contribution in [2.24, 2.45) is 0 Å². The lowest BCUT2D eigenvalue weighted by Gasteiger charge is -2.37. The van der Waals surface area contributed by atoms with Crippen molar-refractivity contribution in [3.05, 3.63) is 35.6 Å². The van der Waals surface area contributed by atoms with Crippen LogP contribution in [0.2, 0.25) is 0 Å². The Morgan fingerprint density at radius 3 is 2.65 bits per heavy atom. The summed E-state index contributed by atoms with van der Waals surface area (Å²) in [5.74, 6) is -0.367. The Hall–Kier alpha value is -1.46. The molecule has 1 aliphatic rings. The van der Waals surface area contributed by atoms with Gasteiger partial charge in [-0.2, -0.15) is 0 Å². The molecule has 1 saturated heterocycles. The van der Waals surface area contributed by atoms with Gasteiger partial charge >= 0.3 is 0 Å². The Morgan fingerprint density at radius 2 is 2.05 bits per heavy atom. The molecule has 4 nitrogen and oxygen atoms in total. The first-order chi connectivity index (χ1) is 9.59. The zero-order chi connectivity index (χ0) is 14.6. The molecular weight excluding hydrogens is 259 g/mol. The largest absolute Gasteiger partial charge is 0.368 e. The number of nitrogens with one attached hydrogen (secondary N) is 1. The van der Waals surface area contributed by atoms with Gasteiger partial charge in [-0.25, -0.2) is 4.39 Å². The van der Waals surface area contributed by atoms with Gasteiger partial charge in [-0.3, -0.25) is 4.79 Å². The van der Waals surface area contributed by atoms with Crippen molar-refractivity contribution in [1.82, 2.24) is 10.2 Å². The van der Waals surface area contributed by atoms with Crippen LogP contribution in [0.25, 0.3) is 0 Å². The summed E-state index contributed by atoms with van der Waals surface area (Å²) in [7, 11) is 3.26. The molecule has 0 bridgehead atoms. The van der Waals surface area contributed by atoms with Gasteiger partial charge in [0.25, 0.3) is 5.91 Å². The van der Waals surface area contributed by atoms with E-state index in [2.05, 4.69) is 5.32 Å². The summed E-state index contributed by atoms with van der Waals surface area (Å²) < 4.78 is 19.2. The van der Waals surface area contributed by atoms with Crippen LogP contribution >= 0.6 is 0 Å². The van der Waals surface area contributed by atoms with E-state index in [1.165, 1.54) is 6.07 Å². The predicted molar refractivity (Wildman–Crippen MR) is 74.7 cm³/mol. The Kier molecular flexibility index (Phi) is 4.73. The third-order valence-electron chi connectivity index (χ3n) is 3.90. The molecular formula is C15H21FN2O2. The minimum Gasteiger partial charge on any atom is -0.368 e. The Labute approximate surface area is 118 Å². The fourth-order valence-electron chi connectivity index (χ4n) is 2.64.